The summed E-state index contributed by atoms with van der Waals surface area (Å²) in [5.74, 6) is 0. The number of alkyl halides is 3. The van der Waals surface area contributed by atoms with Crippen LogP contribution >= 0.6 is 0 Å². The summed E-state index contributed by atoms with van der Waals surface area (Å²) in [5, 5.41) is 0. The number of halogens is 3. The SMILES string of the molecule is CC(C)(C)CC(N)Cc1ccc(C(F)(F)F)cc1. The fraction of sp³-hybridized carbons (Fsp3) is 0.571. The van der Waals surface area contributed by atoms with Crippen LogP contribution in [0.4, 0.5) is 13.2 Å². The van der Waals surface area contributed by atoms with Crippen LogP contribution in [0, 0.1) is 5.41 Å². The maximum atomic E-state index is 12.4. The van der Waals surface area contributed by atoms with Gasteiger partial charge in [0.1, 0.15) is 0 Å². The van der Waals surface area contributed by atoms with Gasteiger partial charge in [-0.05, 0) is 36.0 Å². The fourth-order valence-electron chi connectivity index (χ4n) is 1.99. The third kappa shape index (κ3) is 5.08. The Morgan fingerprint density at radius 1 is 1.06 bits per heavy atom. The lowest BCUT2D eigenvalue weighted by Crippen LogP contribution is -2.28. The molecule has 0 amide bonds. The molecule has 0 heterocycles. The molecule has 102 valence electrons. The summed E-state index contributed by atoms with van der Waals surface area (Å²) in [6.45, 7) is 6.29. The summed E-state index contributed by atoms with van der Waals surface area (Å²) in [7, 11) is 0. The third-order valence-electron chi connectivity index (χ3n) is 2.65. The summed E-state index contributed by atoms with van der Waals surface area (Å²) in [4.78, 5) is 0. The van der Waals surface area contributed by atoms with E-state index < -0.39 is 11.7 Å². The number of hydrogen-bond donors (Lipinski definition) is 1. The van der Waals surface area contributed by atoms with Crippen LogP contribution in [0.3, 0.4) is 0 Å². The molecule has 0 radical (unpaired) electrons. The van der Waals surface area contributed by atoms with E-state index >= 15 is 0 Å². The zero-order valence-corrected chi connectivity index (χ0v) is 11.0. The highest BCUT2D eigenvalue weighted by Crippen LogP contribution is 2.29. The molecule has 1 aromatic carbocycles. The maximum absolute atomic E-state index is 12.4. The Balaban J connectivity index is 2.64. The van der Waals surface area contributed by atoms with Crippen LogP contribution in [0.2, 0.25) is 0 Å². The molecule has 0 bridgehead atoms. The van der Waals surface area contributed by atoms with Crippen molar-refractivity contribution in [3.8, 4) is 0 Å². The highest BCUT2D eigenvalue weighted by molar-refractivity contribution is 5.25. The van der Waals surface area contributed by atoms with Gasteiger partial charge < -0.3 is 5.73 Å². The zero-order valence-electron chi connectivity index (χ0n) is 11.0. The van der Waals surface area contributed by atoms with E-state index in [2.05, 4.69) is 20.8 Å². The molecule has 0 aromatic heterocycles. The summed E-state index contributed by atoms with van der Waals surface area (Å²) in [6, 6.07) is 5.20. The van der Waals surface area contributed by atoms with Crippen molar-refractivity contribution in [1.29, 1.82) is 0 Å². The van der Waals surface area contributed by atoms with Gasteiger partial charge in [0.15, 0.2) is 0 Å². The van der Waals surface area contributed by atoms with Crippen molar-refractivity contribution in [2.24, 2.45) is 11.1 Å². The number of nitrogens with two attached hydrogens (primary N) is 1. The highest BCUT2D eigenvalue weighted by Gasteiger charge is 2.30. The van der Waals surface area contributed by atoms with Crippen molar-refractivity contribution in [2.75, 3.05) is 0 Å². The van der Waals surface area contributed by atoms with E-state index in [0.29, 0.717) is 6.42 Å². The molecule has 2 N–H and O–H groups in total. The van der Waals surface area contributed by atoms with Gasteiger partial charge in [0.05, 0.1) is 5.56 Å². The molecule has 0 aliphatic heterocycles. The minimum atomic E-state index is -4.27. The standard InChI is InChI=1S/C14H20F3N/c1-13(2,3)9-12(18)8-10-4-6-11(7-5-10)14(15,16)17/h4-7,12H,8-9,18H2,1-3H3. The van der Waals surface area contributed by atoms with Gasteiger partial charge in [-0.3, -0.25) is 0 Å². The van der Waals surface area contributed by atoms with Crippen molar-refractivity contribution in [3.63, 3.8) is 0 Å². The van der Waals surface area contributed by atoms with E-state index in [9.17, 15) is 13.2 Å². The lowest BCUT2D eigenvalue weighted by molar-refractivity contribution is -0.137. The number of rotatable bonds is 3. The first-order valence-corrected chi connectivity index (χ1v) is 6.00. The van der Waals surface area contributed by atoms with Gasteiger partial charge in [-0.15, -0.1) is 0 Å². The fourth-order valence-corrected chi connectivity index (χ4v) is 1.99. The second-order valence-electron chi connectivity index (χ2n) is 5.92. The Bertz CT molecular complexity index is 374. The van der Waals surface area contributed by atoms with Crippen LogP contribution in [0.1, 0.15) is 38.3 Å². The smallest absolute Gasteiger partial charge is 0.327 e. The van der Waals surface area contributed by atoms with Crippen molar-refractivity contribution in [3.05, 3.63) is 35.4 Å². The summed E-state index contributed by atoms with van der Waals surface area (Å²) < 4.78 is 37.1. The van der Waals surface area contributed by atoms with Crippen LogP contribution < -0.4 is 5.73 Å². The Hall–Kier alpha value is -1.03. The monoisotopic (exact) mass is 259 g/mol. The van der Waals surface area contributed by atoms with E-state index in [1.165, 1.54) is 12.1 Å². The lowest BCUT2D eigenvalue weighted by Gasteiger charge is -2.23. The van der Waals surface area contributed by atoms with Gasteiger partial charge in [-0.1, -0.05) is 32.9 Å². The first-order valence-electron chi connectivity index (χ1n) is 6.00. The summed E-state index contributed by atoms with van der Waals surface area (Å²) in [5.41, 5.74) is 6.36. The van der Waals surface area contributed by atoms with Gasteiger partial charge in [0.2, 0.25) is 0 Å². The normalized spacial score (nSPS) is 14.6. The molecule has 0 spiro atoms. The Morgan fingerprint density at radius 3 is 1.94 bits per heavy atom. The molecule has 0 saturated heterocycles. The summed E-state index contributed by atoms with van der Waals surface area (Å²) in [6.07, 6.45) is -2.82. The molecule has 1 aromatic rings. The average molecular weight is 259 g/mol. The second-order valence-corrected chi connectivity index (χ2v) is 5.92. The highest BCUT2D eigenvalue weighted by atomic mass is 19.4. The van der Waals surface area contributed by atoms with E-state index in [-0.39, 0.29) is 11.5 Å². The Kier molecular flexibility index (Phi) is 4.43. The quantitative estimate of drug-likeness (QED) is 0.872. The van der Waals surface area contributed by atoms with Crippen molar-refractivity contribution in [2.45, 2.75) is 45.8 Å². The molecule has 4 heteroatoms. The summed E-state index contributed by atoms with van der Waals surface area (Å²) >= 11 is 0. The topological polar surface area (TPSA) is 26.0 Å². The third-order valence-corrected chi connectivity index (χ3v) is 2.65. The van der Waals surface area contributed by atoms with E-state index in [4.69, 9.17) is 5.73 Å². The lowest BCUT2D eigenvalue weighted by atomic mass is 9.86. The number of hydrogen-bond acceptors (Lipinski definition) is 1. The predicted molar refractivity (Wildman–Crippen MR) is 67.2 cm³/mol. The Labute approximate surface area is 106 Å². The van der Waals surface area contributed by atoms with Crippen LogP contribution in [0.5, 0.6) is 0 Å². The molecule has 1 atom stereocenters. The predicted octanol–water partition coefficient (Wildman–Crippen LogP) is 4.01. The van der Waals surface area contributed by atoms with Crippen LogP contribution in [0.25, 0.3) is 0 Å². The van der Waals surface area contributed by atoms with E-state index in [0.717, 1.165) is 24.1 Å². The van der Waals surface area contributed by atoms with Gasteiger partial charge in [0.25, 0.3) is 0 Å². The molecule has 0 fully saturated rings. The second kappa shape index (κ2) is 5.31. The van der Waals surface area contributed by atoms with Crippen molar-refractivity contribution >= 4 is 0 Å². The zero-order chi connectivity index (χ0) is 14.0. The first-order chi connectivity index (χ1) is 8.08. The van der Waals surface area contributed by atoms with Crippen LogP contribution in [-0.4, -0.2) is 6.04 Å². The average Bonchev–Trinajstić information content (AvgIpc) is 2.13. The molecular formula is C14H20F3N. The van der Waals surface area contributed by atoms with Crippen molar-refractivity contribution in [1.82, 2.24) is 0 Å². The molecule has 0 saturated carbocycles. The van der Waals surface area contributed by atoms with E-state index in [1.54, 1.807) is 0 Å². The number of benzene rings is 1. The van der Waals surface area contributed by atoms with Crippen LogP contribution in [0.15, 0.2) is 24.3 Å². The van der Waals surface area contributed by atoms with Gasteiger partial charge in [-0.2, -0.15) is 13.2 Å². The van der Waals surface area contributed by atoms with E-state index in [1.807, 2.05) is 0 Å². The van der Waals surface area contributed by atoms with Crippen LogP contribution in [-0.2, 0) is 12.6 Å². The molecule has 1 nitrogen and oxygen atoms in total. The Morgan fingerprint density at radius 2 is 1.56 bits per heavy atom. The minimum Gasteiger partial charge on any atom is -0.327 e. The maximum Gasteiger partial charge on any atom is 0.416 e. The molecule has 1 rings (SSSR count). The molecular weight excluding hydrogens is 239 g/mol. The molecule has 18 heavy (non-hydrogen) atoms. The molecule has 0 aliphatic carbocycles. The van der Waals surface area contributed by atoms with Gasteiger partial charge in [0, 0.05) is 6.04 Å². The molecule has 1 unspecified atom stereocenters. The first kappa shape index (κ1) is 15.0. The van der Waals surface area contributed by atoms with Gasteiger partial charge >= 0.3 is 6.18 Å². The van der Waals surface area contributed by atoms with Gasteiger partial charge in [-0.25, -0.2) is 0 Å². The minimum absolute atomic E-state index is 0.0262. The largest absolute Gasteiger partial charge is 0.416 e. The molecule has 0 aliphatic rings. The van der Waals surface area contributed by atoms with Crippen molar-refractivity contribution < 1.29 is 13.2 Å².